The lowest BCUT2D eigenvalue weighted by atomic mass is 10.1. The Morgan fingerprint density at radius 1 is 0.362 bits per heavy atom. The molecule has 0 spiro atoms. The second kappa shape index (κ2) is 35.2. The Morgan fingerprint density at radius 2 is 0.700 bits per heavy atom. The molecule has 422 valence electrons. The number of carbonyl (C=O) groups excluding carboxylic acids is 4. The monoisotopic (exact) mass is 1130 g/mol. The van der Waals surface area contributed by atoms with Gasteiger partial charge in [0.2, 0.25) is 0 Å². The Bertz CT molecular complexity index is 2720. The third-order valence-corrected chi connectivity index (χ3v) is 13.2. The largest absolute Gasteiger partial charge is 0.494 e. The van der Waals surface area contributed by atoms with Crippen molar-refractivity contribution in [3.8, 4) is 34.5 Å². The molecular weight excluding hydrogens is 1060 g/mol. The number of unbranched alkanes of at least 4 members (excludes halogenated alkanes) is 15. The lowest BCUT2D eigenvalue weighted by molar-refractivity contribution is -0.136. The number of halogens is 2. The zero-order valence-corrected chi connectivity index (χ0v) is 47.4. The Balaban J connectivity index is 1.02. The summed E-state index contributed by atoms with van der Waals surface area (Å²) in [7, 11) is 0. The zero-order valence-electron chi connectivity index (χ0n) is 45.9. The fraction of sp³-hybridized carbons (Fsp3) is 0.375. The maximum atomic E-state index is 13.4. The van der Waals surface area contributed by atoms with Crippen LogP contribution in [0.3, 0.4) is 0 Å². The Hall–Kier alpha value is -7.42. The molecule has 80 heavy (non-hydrogen) atoms. The Morgan fingerprint density at radius 3 is 1.06 bits per heavy atom. The standard InChI is InChI=1S/C64H72Cl2N4O10/c1-3-5-7-9-11-13-15-19-43-75-53-35-23-47(24-36-53)63(73)77-55-39-41-57(69-67-51-31-27-49(65)28-32-51)59(45-55)79-61(71)21-17-18-22-62(72)80-60-46-56(40-42-58(60)70-68-52-33-29-50(66)30-34-52)78-64(74)48-25-37-54(38-26-48)76-44-20-16-14-12-10-8-6-4-2/h23-42,45-46H,3-22,43-44H2,1-2H3. The number of hydrogen-bond donors (Lipinski definition) is 0. The molecule has 6 aromatic carbocycles. The summed E-state index contributed by atoms with van der Waals surface area (Å²) in [6.45, 7) is 5.63. The van der Waals surface area contributed by atoms with E-state index in [9.17, 15) is 19.2 Å². The normalized spacial score (nSPS) is 11.2. The van der Waals surface area contributed by atoms with E-state index in [4.69, 9.17) is 51.6 Å². The number of azo groups is 2. The average Bonchev–Trinajstić information content (AvgIpc) is 3.46. The van der Waals surface area contributed by atoms with Gasteiger partial charge in [-0.3, -0.25) is 9.59 Å². The van der Waals surface area contributed by atoms with E-state index in [0.29, 0.717) is 57.3 Å². The van der Waals surface area contributed by atoms with Crippen molar-refractivity contribution in [2.24, 2.45) is 20.5 Å². The van der Waals surface area contributed by atoms with Gasteiger partial charge < -0.3 is 28.4 Å². The fourth-order valence-corrected chi connectivity index (χ4v) is 8.38. The maximum Gasteiger partial charge on any atom is 0.343 e. The summed E-state index contributed by atoms with van der Waals surface area (Å²) in [5, 5.41) is 18.2. The molecule has 0 saturated heterocycles. The lowest BCUT2D eigenvalue weighted by Crippen LogP contribution is -2.11. The molecular formula is C64H72Cl2N4O10. The highest BCUT2D eigenvalue weighted by atomic mass is 35.5. The third-order valence-electron chi connectivity index (χ3n) is 12.7. The predicted molar refractivity (Wildman–Crippen MR) is 313 cm³/mol. The van der Waals surface area contributed by atoms with E-state index in [1.54, 1.807) is 97.1 Å². The summed E-state index contributed by atoms with van der Waals surface area (Å²) in [5.74, 6) is -0.985. The lowest BCUT2D eigenvalue weighted by Gasteiger charge is -2.11. The number of benzene rings is 6. The molecule has 0 bridgehead atoms. The van der Waals surface area contributed by atoms with Crippen LogP contribution in [-0.4, -0.2) is 37.1 Å². The third kappa shape index (κ3) is 23.1. The van der Waals surface area contributed by atoms with E-state index in [2.05, 4.69) is 34.3 Å². The molecule has 14 nitrogen and oxygen atoms in total. The highest BCUT2D eigenvalue weighted by Crippen LogP contribution is 2.36. The second-order valence-electron chi connectivity index (χ2n) is 19.2. The van der Waals surface area contributed by atoms with Gasteiger partial charge >= 0.3 is 23.9 Å². The molecule has 0 amide bonds. The van der Waals surface area contributed by atoms with Gasteiger partial charge in [-0.15, -0.1) is 10.2 Å². The molecule has 0 saturated carbocycles. The molecule has 0 radical (unpaired) electrons. The van der Waals surface area contributed by atoms with Crippen molar-refractivity contribution >= 4 is 69.8 Å². The number of ether oxygens (including phenoxy) is 6. The summed E-state index contributed by atoms with van der Waals surface area (Å²) in [6.07, 6.45) is 19.6. The van der Waals surface area contributed by atoms with Crippen LogP contribution in [0.25, 0.3) is 0 Å². The number of hydrogen-bond acceptors (Lipinski definition) is 14. The topological polar surface area (TPSA) is 173 Å². The number of esters is 4. The van der Waals surface area contributed by atoms with Gasteiger partial charge in [-0.25, -0.2) is 9.59 Å². The highest BCUT2D eigenvalue weighted by Gasteiger charge is 2.18. The van der Waals surface area contributed by atoms with Gasteiger partial charge in [-0.2, -0.15) is 10.2 Å². The molecule has 0 aromatic heterocycles. The van der Waals surface area contributed by atoms with Crippen LogP contribution in [0.4, 0.5) is 22.7 Å². The van der Waals surface area contributed by atoms with Gasteiger partial charge in [-0.05, 0) is 147 Å². The molecule has 6 aromatic rings. The minimum Gasteiger partial charge on any atom is -0.494 e. The zero-order chi connectivity index (χ0) is 56.6. The molecule has 0 fully saturated rings. The summed E-state index contributed by atoms with van der Waals surface area (Å²) in [4.78, 5) is 53.2. The van der Waals surface area contributed by atoms with Crippen molar-refractivity contribution in [1.82, 2.24) is 0 Å². The highest BCUT2D eigenvalue weighted by molar-refractivity contribution is 6.30. The number of rotatable bonds is 35. The smallest absolute Gasteiger partial charge is 0.343 e. The first kappa shape index (κ1) is 61.8. The van der Waals surface area contributed by atoms with Crippen LogP contribution in [0.15, 0.2) is 154 Å². The SMILES string of the molecule is CCCCCCCCCCOc1ccc(C(=O)Oc2ccc(N=Nc3ccc(Cl)cc3)c(OC(=O)CCCCC(=O)Oc3cc(OC(=O)c4ccc(OCCCCCCCCCC)cc4)ccc3N=Nc3ccc(Cl)cc3)c2)cc1. The number of carbonyl (C=O) groups is 4. The average molecular weight is 1130 g/mol. The van der Waals surface area contributed by atoms with Crippen molar-refractivity contribution in [3.63, 3.8) is 0 Å². The predicted octanol–water partition coefficient (Wildman–Crippen LogP) is 19.4. The van der Waals surface area contributed by atoms with Gasteiger partial charge in [0.25, 0.3) is 0 Å². The first-order chi connectivity index (χ1) is 39.0. The maximum absolute atomic E-state index is 13.4. The van der Waals surface area contributed by atoms with E-state index >= 15 is 0 Å². The molecule has 0 unspecified atom stereocenters. The fourth-order valence-electron chi connectivity index (χ4n) is 8.13. The van der Waals surface area contributed by atoms with Crippen LogP contribution in [0.1, 0.15) is 163 Å². The van der Waals surface area contributed by atoms with E-state index in [-0.39, 0.29) is 60.1 Å². The van der Waals surface area contributed by atoms with Crippen molar-refractivity contribution in [2.45, 2.75) is 142 Å². The van der Waals surface area contributed by atoms with E-state index in [1.807, 2.05) is 0 Å². The summed E-state index contributed by atoms with van der Waals surface area (Å²) in [6, 6.07) is 35.7. The summed E-state index contributed by atoms with van der Waals surface area (Å²) in [5.41, 5.74) is 1.99. The molecule has 6 rings (SSSR count). The van der Waals surface area contributed by atoms with E-state index < -0.39 is 23.9 Å². The van der Waals surface area contributed by atoms with Crippen LogP contribution in [0.2, 0.25) is 10.0 Å². The van der Waals surface area contributed by atoms with E-state index in [0.717, 1.165) is 25.7 Å². The molecule has 16 heteroatoms. The first-order valence-electron chi connectivity index (χ1n) is 28.0. The van der Waals surface area contributed by atoms with Crippen LogP contribution in [-0.2, 0) is 9.59 Å². The van der Waals surface area contributed by atoms with Crippen molar-refractivity contribution < 1.29 is 47.6 Å². The van der Waals surface area contributed by atoms with E-state index in [1.165, 1.54) is 113 Å². The van der Waals surface area contributed by atoms with Crippen LogP contribution in [0.5, 0.6) is 34.5 Å². The molecule has 0 N–H and O–H groups in total. The number of nitrogens with zero attached hydrogens (tertiary/aromatic N) is 4. The van der Waals surface area contributed by atoms with Crippen LogP contribution < -0.4 is 28.4 Å². The van der Waals surface area contributed by atoms with Gasteiger partial charge in [-0.1, -0.05) is 127 Å². The minimum absolute atomic E-state index is 0.00150. The molecule has 0 aliphatic carbocycles. The Labute approximate surface area is 480 Å². The molecule has 0 heterocycles. The van der Waals surface area contributed by atoms with Crippen molar-refractivity contribution in [1.29, 1.82) is 0 Å². The summed E-state index contributed by atoms with van der Waals surface area (Å²) >= 11 is 12.1. The van der Waals surface area contributed by atoms with Gasteiger partial charge in [0.15, 0.2) is 11.5 Å². The van der Waals surface area contributed by atoms with Crippen LogP contribution >= 0.6 is 23.2 Å². The first-order valence-corrected chi connectivity index (χ1v) is 28.7. The molecule has 0 atom stereocenters. The molecule has 0 aliphatic heterocycles. The van der Waals surface area contributed by atoms with Crippen LogP contribution in [0, 0.1) is 0 Å². The minimum atomic E-state index is -0.632. The van der Waals surface area contributed by atoms with Crippen molar-refractivity contribution in [3.05, 3.63) is 155 Å². The van der Waals surface area contributed by atoms with Gasteiger partial charge in [0.1, 0.15) is 34.4 Å². The quantitative estimate of drug-likeness (QED) is 0.0161. The summed E-state index contributed by atoms with van der Waals surface area (Å²) < 4.78 is 34.8. The van der Waals surface area contributed by atoms with Gasteiger partial charge in [0.05, 0.1) is 35.7 Å². The Kier molecular flexibility index (Phi) is 27.2. The molecule has 0 aliphatic rings. The second-order valence-corrected chi connectivity index (χ2v) is 20.1. The van der Waals surface area contributed by atoms with Gasteiger partial charge in [0, 0.05) is 35.0 Å². The van der Waals surface area contributed by atoms with Crippen molar-refractivity contribution in [2.75, 3.05) is 13.2 Å².